The van der Waals surface area contributed by atoms with Gasteiger partial charge in [0.15, 0.2) is 5.82 Å². The number of benzene rings is 1. The van der Waals surface area contributed by atoms with Gasteiger partial charge in [-0.1, -0.05) is 0 Å². The summed E-state index contributed by atoms with van der Waals surface area (Å²) in [5, 5.41) is 9.21. The molecule has 1 saturated heterocycles. The molecule has 33 heavy (non-hydrogen) atoms. The van der Waals surface area contributed by atoms with Crippen LogP contribution >= 0.6 is 0 Å². The lowest BCUT2D eigenvalue weighted by molar-refractivity contribution is -0.141. The van der Waals surface area contributed by atoms with Gasteiger partial charge in [-0.2, -0.15) is 28.2 Å². The number of alkyl halides is 3. The van der Waals surface area contributed by atoms with Crippen molar-refractivity contribution in [2.24, 2.45) is 0 Å². The number of rotatable bonds is 3. The van der Waals surface area contributed by atoms with Gasteiger partial charge in [0.25, 0.3) is 5.91 Å². The monoisotopic (exact) mass is 465 g/mol. The molecule has 1 atom stereocenters. The van der Waals surface area contributed by atoms with Crippen molar-refractivity contribution < 1.29 is 27.2 Å². The highest BCUT2D eigenvalue weighted by atomic mass is 19.4. The number of amides is 1. The molecule has 0 bridgehead atoms. The third-order valence-electron chi connectivity index (χ3n) is 4.84. The average molecular weight is 465 g/mol. The Morgan fingerprint density at radius 3 is 2.55 bits per heavy atom. The number of carbonyl (C=O) groups is 1. The first-order chi connectivity index (χ1) is 15.6. The molecule has 1 amide bonds. The second kappa shape index (κ2) is 8.73. The molecular formula is C20H19F4N7O2. The zero-order valence-electron chi connectivity index (χ0n) is 17.6. The summed E-state index contributed by atoms with van der Waals surface area (Å²) < 4.78 is 53.5. The van der Waals surface area contributed by atoms with Crippen LogP contribution in [0.5, 0.6) is 0 Å². The van der Waals surface area contributed by atoms with Gasteiger partial charge in [0.2, 0.25) is 0 Å². The van der Waals surface area contributed by atoms with Gasteiger partial charge in [0, 0.05) is 19.2 Å². The van der Waals surface area contributed by atoms with E-state index in [2.05, 4.69) is 20.2 Å². The van der Waals surface area contributed by atoms with E-state index < -0.39 is 29.7 Å². The summed E-state index contributed by atoms with van der Waals surface area (Å²) in [6, 6.07) is 4.49. The minimum atomic E-state index is -4.64. The maximum atomic E-state index is 14.0. The molecule has 0 unspecified atom stereocenters. The molecule has 0 aliphatic carbocycles. The van der Waals surface area contributed by atoms with Crippen molar-refractivity contribution in [1.29, 1.82) is 0 Å². The van der Waals surface area contributed by atoms with Crippen LogP contribution in [-0.4, -0.2) is 61.5 Å². The third kappa shape index (κ3) is 4.92. The number of hydrogen-bond acceptors (Lipinski definition) is 7. The fourth-order valence-corrected chi connectivity index (χ4v) is 3.46. The number of hydroxylamine groups is 1. The van der Waals surface area contributed by atoms with Gasteiger partial charge < -0.3 is 4.90 Å². The molecule has 1 aliphatic heterocycles. The molecule has 3 heterocycles. The molecule has 1 aliphatic rings. The Bertz CT molecular complexity index is 1150. The Morgan fingerprint density at radius 2 is 1.85 bits per heavy atom. The van der Waals surface area contributed by atoms with Crippen LogP contribution in [0.2, 0.25) is 0 Å². The lowest BCUT2D eigenvalue weighted by Gasteiger charge is -2.23. The summed E-state index contributed by atoms with van der Waals surface area (Å²) in [6.45, 7) is 3.27. The zero-order chi connectivity index (χ0) is 23.8. The van der Waals surface area contributed by atoms with E-state index in [9.17, 15) is 22.4 Å². The molecule has 0 radical (unpaired) electrons. The van der Waals surface area contributed by atoms with Gasteiger partial charge in [-0.3, -0.25) is 9.63 Å². The van der Waals surface area contributed by atoms with E-state index in [0.717, 1.165) is 12.1 Å². The van der Waals surface area contributed by atoms with Gasteiger partial charge in [0.1, 0.15) is 23.4 Å². The molecule has 174 valence electrons. The fraction of sp³-hybridized carbons (Fsp3) is 0.350. The Kier molecular flexibility index (Phi) is 5.97. The van der Waals surface area contributed by atoms with E-state index in [-0.39, 0.29) is 36.8 Å². The average Bonchev–Trinajstić information content (AvgIpc) is 3.21. The number of halogens is 4. The van der Waals surface area contributed by atoms with E-state index in [1.165, 1.54) is 46.2 Å². The topological polar surface area (TPSA) is 89.3 Å². The predicted octanol–water partition coefficient (Wildman–Crippen LogP) is 2.81. The number of hydrogen-bond donors (Lipinski definition) is 0. The molecule has 2 aromatic heterocycles. The predicted molar refractivity (Wildman–Crippen MR) is 107 cm³/mol. The van der Waals surface area contributed by atoms with Crippen molar-refractivity contribution in [2.75, 3.05) is 24.7 Å². The standard InChI is InChI=1S/C20H19F4N7O2/c1-12-11-29(19(32)15-9-14(21)3-4-16(15)31-25-5-6-26-31)7-8-30(33-12)18-10-17(20(22,23)24)27-13(2)28-18/h3-6,9-10,12H,7-8,11H2,1-2H3/t12-/m0/s1. The second-order valence-electron chi connectivity index (χ2n) is 7.41. The molecule has 0 N–H and O–H groups in total. The van der Waals surface area contributed by atoms with Crippen LogP contribution in [0, 0.1) is 12.7 Å². The normalized spacial score (nSPS) is 17.2. The quantitative estimate of drug-likeness (QED) is 0.550. The smallest absolute Gasteiger partial charge is 0.334 e. The maximum absolute atomic E-state index is 14.0. The van der Waals surface area contributed by atoms with Crippen LogP contribution in [0.25, 0.3) is 5.69 Å². The molecule has 4 rings (SSSR count). The van der Waals surface area contributed by atoms with Gasteiger partial charge in [0.05, 0.1) is 30.2 Å². The lowest BCUT2D eigenvalue weighted by Crippen LogP contribution is -2.37. The van der Waals surface area contributed by atoms with E-state index in [0.29, 0.717) is 5.69 Å². The zero-order valence-corrected chi connectivity index (χ0v) is 17.6. The van der Waals surface area contributed by atoms with Crippen LogP contribution in [-0.2, 0) is 11.0 Å². The Labute approximate surface area is 185 Å². The van der Waals surface area contributed by atoms with Crippen molar-refractivity contribution in [3.63, 3.8) is 0 Å². The van der Waals surface area contributed by atoms with Crippen LogP contribution in [0.15, 0.2) is 36.7 Å². The first kappa shape index (κ1) is 22.6. The highest BCUT2D eigenvalue weighted by Crippen LogP contribution is 2.30. The van der Waals surface area contributed by atoms with Crippen molar-refractivity contribution in [2.45, 2.75) is 26.1 Å². The number of aromatic nitrogens is 5. The molecular weight excluding hydrogens is 446 g/mol. The highest BCUT2D eigenvalue weighted by Gasteiger charge is 2.35. The van der Waals surface area contributed by atoms with Crippen LogP contribution in [0.1, 0.15) is 28.8 Å². The van der Waals surface area contributed by atoms with Crippen molar-refractivity contribution in [3.8, 4) is 5.69 Å². The first-order valence-corrected chi connectivity index (χ1v) is 9.94. The van der Waals surface area contributed by atoms with Gasteiger partial charge in [-0.25, -0.2) is 19.4 Å². The fourth-order valence-electron chi connectivity index (χ4n) is 3.46. The highest BCUT2D eigenvalue weighted by molar-refractivity contribution is 5.97. The van der Waals surface area contributed by atoms with Crippen molar-refractivity contribution in [3.05, 3.63) is 59.6 Å². The molecule has 1 fully saturated rings. The summed E-state index contributed by atoms with van der Waals surface area (Å²) in [7, 11) is 0. The summed E-state index contributed by atoms with van der Waals surface area (Å²) in [6.07, 6.45) is -2.37. The van der Waals surface area contributed by atoms with Crippen LogP contribution in [0.3, 0.4) is 0 Å². The molecule has 0 spiro atoms. The minimum Gasteiger partial charge on any atom is -0.334 e. The van der Waals surface area contributed by atoms with Crippen molar-refractivity contribution >= 4 is 11.7 Å². The number of aryl methyl sites for hydroxylation is 1. The maximum Gasteiger partial charge on any atom is 0.433 e. The van der Waals surface area contributed by atoms with Crippen LogP contribution < -0.4 is 5.06 Å². The van der Waals surface area contributed by atoms with Gasteiger partial charge >= 0.3 is 6.18 Å². The van der Waals surface area contributed by atoms with E-state index in [1.807, 2.05) is 0 Å². The van der Waals surface area contributed by atoms with Gasteiger partial charge in [-0.05, 0) is 32.0 Å². The number of anilines is 1. The molecule has 9 nitrogen and oxygen atoms in total. The Balaban J connectivity index is 1.60. The molecule has 1 aromatic carbocycles. The summed E-state index contributed by atoms with van der Waals surface area (Å²) in [4.78, 5) is 29.2. The van der Waals surface area contributed by atoms with E-state index in [4.69, 9.17) is 4.84 Å². The van der Waals surface area contributed by atoms with E-state index in [1.54, 1.807) is 6.92 Å². The number of carbonyl (C=O) groups excluding carboxylic acids is 1. The third-order valence-corrected chi connectivity index (χ3v) is 4.84. The van der Waals surface area contributed by atoms with Crippen LogP contribution in [0.4, 0.5) is 23.4 Å². The second-order valence-corrected chi connectivity index (χ2v) is 7.41. The summed E-state index contributed by atoms with van der Waals surface area (Å²) in [5.41, 5.74) is -0.749. The van der Waals surface area contributed by atoms with Gasteiger partial charge in [-0.15, -0.1) is 0 Å². The van der Waals surface area contributed by atoms with Crippen molar-refractivity contribution in [1.82, 2.24) is 29.9 Å². The Morgan fingerprint density at radius 1 is 1.12 bits per heavy atom. The minimum absolute atomic E-state index is 0.0362. The molecule has 0 saturated carbocycles. The summed E-state index contributed by atoms with van der Waals surface area (Å²) in [5.74, 6) is -1.23. The molecule has 3 aromatic rings. The largest absolute Gasteiger partial charge is 0.433 e. The Hall–Kier alpha value is -3.61. The SMILES string of the molecule is Cc1nc(N2CCN(C(=O)c3cc(F)ccc3-n3nccn3)C[C@H](C)O2)cc(C(F)(F)F)n1. The van der Waals surface area contributed by atoms with E-state index >= 15 is 0 Å². The number of nitrogens with zero attached hydrogens (tertiary/aromatic N) is 7. The first-order valence-electron chi connectivity index (χ1n) is 9.94. The lowest BCUT2D eigenvalue weighted by atomic mass is 10.1. The summed E-state index contributed by atoms with van der Waals surface area (Å²) >= 11 is 0. The molecule has 13 heteroatoms.